The molecule has 4 nitrogen and oxygen atoms in total. The van der Waals surface area contributed by atoms with E-state index in [0.29, 0.717) is 17.9 Å². The molecule has 0 fully saturated rings. The van der Waals surface area contributed by atoms with Crippen molar-refractivity contribution in [1.82, 2.24) is 9.97 Å². The van der Waals surface area contributed by atoms with Gasteiger partial charge < -0.3 is 5.32 Å². The first-order valence-corrected chi connectivity index (χ1v) is 6.98. The van der Waals surface area contributed by atoms with Gasteiger partial charge in [0.15, 0.2) is 0 Å². The van der Waals surface area contributed by atoms with E-state index in [9.17, 15) is 0 Å². The Morgan fingerprint density at radius 1 is 1.32 bits per heavy atom. The van der Waals surface area contributed by atoms with Crippen LogP contribution in [-0.4, -0.2) is 15.7 Å². The molecule has 5 heteroatoms. The number of rotatable bonds is 5. The van der Waals surface area contributed by atoms with Gasteiger partial charge in [0.2, 0.25) is 0 Å². The van der Waals surface area contributed by atoms with Crippen molar-refractivity contribution in [3.8, 4) is 6.07 Å². The fraction of sp³-hybridized carbons (Fsp3) is 0.214. The Kier molecular flexibility index (Phi) is 4.76. The number of hydrogen-bond donors (Lipinski definition) is 1. The highest BCUT2D eigenvalue weighted by atomic mass is 32.2. The second-order valence-electron chi connectivity index (χ2n) is 3.80. The molecule has 0 radical (unpaired) electrons. The molecule has 96 valence electrons. The van der Waals surface area contributed by atoms with Crippen molar-refractivity contribution < 1.29 is 0 Å². The summed E-state index contributed by atoms with van der Waals surface area (Å²) in [4.78, 5) is 8.45. The summed E-state index contributed by atoms with van der Waals surface area (Å²) in [7, 11) is 0. The Labute approximate surface area is 116 Å². The summed E-state index contributed by atoms with van der Waals surface area (Å²) in [5, 5.41) is 13.2. The van der Waals surface area contributed by atoms with Gasteiger partial charge in [-0.15, -0.1) is 11.8 Å². The number of nitrogens with one attached hydrogen (secondary N) is 1. The lowest BCUT2D eigenvalue weighted by atomic mass is 10.2. The van der Waals surface area contributed by atoms with Gasteiger partial charge in [0, 0.05) is 18.9 Å². The highest BCUT2D eigenvalue weighted by Gasteiger charge is 2.02. The number of aromatic nitrogens is 2. The van der Waals surface area contributed by atoms with Gasteiger partial charge in [-0.2, -0.15) is 5.26 Å². The molecule has 2 heterocycles. The Hall–Kier alpha value is -2.06. The van der Waals surface area contributed by atoms with Crippen molar-refractivity contribution in [2.24, 2.45) is 0 Å². The molecule has 0 spiro atoms. The molecule has 0 unspecified atom stereocenters. The summed E-state index contributed by atoms with van der Waals surface area (Å²) in [6, 6.07) is 9.64. The largest absolute Gasteiger partial charge is 0.365 e. The first-order chi connectivity index (χ1) is 9.33. The smallest absolute Gasteiger partial charge is 0.144 e. The molecule has 1 N–H and O–H groups in total. The Morgan fingerprint density at radius 2 is 2.21 bits per heavy atom. The predicted octanol–water partition coefficient (Wildman–Crippen LogP) is 3.07. The molecule has 0 aliphatic heterocycles. The third-order valence-electron chi connectivity index (χ3n) is 2.48. The van der Waals surface area contributed by atoms with Crippen LogP contribution < -0.4 is 5.32 Å². The maximum atomic E-state index is 8.99. The molecule has 2 aromatic rings. The molecular formula is C14H14N4S. The van der Waals surface area contributed by atoms with Crippen LogP contribution in [0.2, 0.25) is 0 Å². The Balaban J connectivity index is 2.06. The predicted molar refractivity (Wildman–Crippen MR) is 76.9 cm³/mol. The number of hydrogen-bond acceptors (Lipinski definition) is 5. The van der Waals surface area contributed by atoms with E-state index in [4.69, 9.17) is 5.26 Å². The molecular weight excluding hydrogens is 256 g/mol. The molecule has 2 aromatic heterocycles. The number of nitriles is 1. The minimum atomic E-state index is 0.555. The first-order valence-electron chi connectivity index (χ1n) is 6.00. The normalized spacial score (nSPS) is 9.89. The van der Waals surface area contributed by atoms with Crippen molar-refractivity contribution in [3.63, 3.8) is 0 Å². The van der Waals surface area contributed by atoms with E-state index in [1.165, 1.54) is 0 Å². The zero-order valence-corrected chi connectivity index (χ0v) is 11.4. The van der Waals surface area contributed by atoms with Gasteiger partial charge in [0.1, 0.15) is 11.9 Å². The fourth-order valence-corrected chi connectivity index (χ4v) is 2.28. The third-order valence-corrected chi connectivity index (χ3v) is 3.29. The van der Waals surface area contributed by atoms with Crippen molar-refractivity contribution in [1.29, 1.82) is 5.26 Å². The van der Waals surface area contributed by atoms with Crippen molar-refractivity contribution in [2.45, 2.75) is 18.5 Å². The maximum Gasteiger partial charge on any atom is 0.144 e. The van der Waals surface area contributed by atoms with Crippen LogP contribution in [0.3, 0.4) is 0 Å². The standard InChI is InChI=1S/C14H14N4S/c1-2-19-13-8-11(5-7-16-13)10-18-14-12(9-15)4-3-6-17-14/h3-8H,2,10H2,1H3,(H,17,18). The monoisotopic (exact) mass is 270 g/mol. The van der Waals surface area contributed by atoms with Crippen LogP contribution in [0.15, 0.2) is 41.7 Å². The SMILES string of the molecule is CCSc1cc(CNc2ncccc2C#N)ccn1. The topological polar surface area (TPSA) is 61.6 Å². The summed E-state index contributed by atoms with van der Waals surface area (Å²) >= 11 is 1.71. The molecule has 0 saturated heterocycles. The molecule has 19 heavy (non-hydrogen) atoms. The van der Waals surface area contributed by atoms with E-state index in [1.807, 2.05) is 6.07 Å². The van der Waals surface area contributed by atoms with Gasteiger partial charge in [-0.1, -0.05) is 6.92 Å². The lowest BCUT2D eigenvalue weighted by molar-refractivity contribution is 1.04. The summed E-state index contributed by atoms with van der Waals surface area (Å²) in [5.41, 5.74) is 1.68. The summed E-state index contributed by atoms with van der Waals surface area (Å²) < 4.78 is 0. The second-order valence-corrected chi connectivity index (χ2v) is 5.08. The van der Waals surface area contributed by atoms with Crippen LogP contribution >= 0.6 is 11.8 Å². The molecule has 0 aliphatic carbocycles. The molecule has 0 atom stereocenters. The van der Waals surface area contributed by atoms with E-state index in [1.54, 1.807) is 36.3 Å². The molecule has 0 aromatic carbocycles. The quantitative estimate of drug-likeness (QED) is 0.846. The van der Waals surface area contributed by atoms with E-state index < -0.39 is 0 Å². The number of anilines is 1. The Morgan fingerprint density at radius 3 is 3.00 bits per heavy atom. The lowest BCUT2D eigenvalue weighted by Gasteiger charge is -2.07. The zero-order valence-electron chi connectivity index (χ0n) is 10.6. The average Bonchev–Trinajstić information content (AvgIpc) is 2.46. The number of thioether (sulfide) groups is 1. The van der Waals surface area contributed by atoms with Crippen LogP contribution in [0.5, 0.6) is 0 Å². The van der Waals surface area contributed by atoms with Crippen molar-refractivity contribution in [3.05, 3.63) is 47.8 Å². The molecule has 0 bridgehead atoms. The van der Waals surface area contributed by atoms with Crippen LogP contribution in [0.4, 0.5) is 5.82 Å². The second kappa shape index (κ2) is 6.76. The van der Waals surface area contributed by atoms with Crippen LogP contribution in [0.1, 0.15) is 18.1 Å². The Bertz CT molecular complexity index is 592. The first kappa shape index (κ1) is 13.4. The third kappa shape index (κ3) is 3.70. The number of nitrogens with zero attached hydrogens (tertiary/aromatic N) is 3. The zero-order chi connectivity index (χ0) is 13.5. The van der Waals surface area contributed by atoms with Crippen LogP contribution in [0.25, 0.3) is 0 Å². The summed E-state index contributed by atoms with van der Waals surface area (Å²) in [6.45, 7) is 2.73. The molecule has 2 rings (SSSR count). The maximum absolute atomic E-state index is 8.99. The molecule has 0 amide bonds. The van der Waals surface area contributed by atoms with Crippen LogP contribution in [0, 0.1) is 11.3 Å². The highest BCUT2D eigenvalue weighted by Crippen LogP contribution is 2.17. The molecule has 0 saturated carbocycles. The summed E-state index contributed by atoms with van der Waals surface area (Å²) in [5.74, 6) is 1.62. The number of pyridine rings is 2. The van der Waals surface area contributed by atoms with E-state index in [2.05, 4.69) is 34.3 Å². The van der Waals surface area contributed by atoms with Gasteiger partial charge in [0.05, 0.1) is 10.6 Å². The van der Waals surface area contributed by atoms with Gasteiger partial charge in [-0.05, 0) is 35.6 Å². The average molecular weight is 270 g/mol. The van der Waals surface area contributed by atoms with Crippen molar-refractivity contribution in [2.75, 3.05) is 11.1 Å². The van der Waals surface area contributed by atoms with Crippen molar-refractivity contribution >= 4 is 17.6 Å². The van der Waals surface area contributed by atoms with Gasteiger partial charge in [-0.3, -0.25) is 0 Å². The summed E-state index contributed by atoms with van der Waals surface area (Å²) in [6.07, 6.45) is 3.48. The fourth-order valence-electron chi connectivity index (χ4n) is 1.61. The van der Waals surface area contributed by atoms with Gasteiger partial charge in [0.25, 0.3) is 0 Å². The van der Waals surface area contributed by atoms with Crippen LogP contribution in [-0.2, 0) is 6.54 Å². The highest BCUT2D eigenvalue weighted by molar-refractivity contribution is 7.99. The van der Waals surface area contributed by atoms with E-state index >= 15 is 0 Å². The van der Waals surface area contributed by atoms with E-state index in [0.717, 1.165) is 16.3 Å². The minimum Gasteiger partial charge on any atom is -0.365 e. The van der Waals surface area contributed by atoms with Gasteiger partial charge >= 0.3 is 0 Å². The van der Waals surface area contributed by atoms with Gasteiger partial charge in [-0.25, -0.2) is 9.97 Å². The molecule has 0 aliphatic rings. The lowest BCUT2D eigenvalue weighted by Crippen LogP contribution is -2.03. The minimum absolute atomic E-state index is 0.555. The van der Waals surface area contributed by atoms with E-state index in [-0.39, 0.29) is 0 Å².